The van der Waals surface area contributed by atoms with Crippen molar-refractivity contribution in [1.29, 1.82) is 0 Å². The molecular formula is C52H118N4O12S3. The number of nitrogens with zero attached hydrogens (tertiary/aromatic N) is 2. The van der Waals surface area contributed by atoms with Gasteiger partial charge in [-0.25, -0.2) is 9.59 Å². The maximum absolute atomic E-state index is 10.3. The third kappa shape index (κ3) is 230. The van der Waals surface area contributed by atoms with Crippen molar-refractivity contribution < 1.29 is 57.2 Å². The standard InChI is InChI=1S/C6H12O.C4H7NO2.C4H9NO.C4H9N.C4H8O2.C4H8.C4H10.C3H7NO2.C3H6OS.C3H8O.C3H6O.C3H8S.C3H8.C2H6O.C2H6S/c1-6-2-4-7-5-3-6;1-5-2-3-7-4(5)6;1-3-5-4(2)6;1-3-5-4-2;1-3-4(5)6-2;1-4-2-3-4;1-4(2)3;1-4-3(5)6-2;1-5-3-2-4;1-3-4-2;1-3(2)4;1-3-4-2;3*1-3-2/h6H,2-5H2,1H3;2-3H2,1H3;3H2,1-2H3,(H,5,6);3H,4H2,1-2H3;3H2,1-2H3;4H,2-3H2,1H3;4H,1-3H3;1-2H3,(H,4,5);2H,3H2,1H3;3H2,1-2H3;1-2H3;3H2,1-2H3;3H2,1-2H3;2*1-2H3. The second kappa shape index (κ2) is 104. The van der Waals surface area contributed by atoms with E-state index in [9.17, 15) is 28.8 Å². The number of aliphatic imine (C=N–C) groups is 1. The van der Waals surface area contributed by atoms with Crippen LogP contribution in [0.2, 0.25) is 0 Å². The number of carbonyl (C=O) groups is 6. The zero-order valence-electron chi connectivity index (χ0n) is 51.0. The van der Waals surface area contributed by atoms with Crippen LogP contribution in [-0.4, -0.2) is 179 Å². The minimum absolute atomic E-state index is 0.0394. The molecule has 2 heterocycles. The van der Waals surface area contributed by atoms with Crippen LogP contribution in [0.1, 0.15) is 149 Å². The normalized spacial score (nSPS) is 11.5. The summed E-state index contributed by atoms with van der Waals surface area (Å²) in [6.45, 7) is 37.3. The SMILES string of the molecule is CC(C)=O.CC(C)C.CC1CC1.CC1CCOCC1.CC=NCC.CCC.CCC(=O)OC.CCNC(C)=O.CCOC.CCSC.CN1CCOC1=O.CNC(=O)OC.COC.CSC.CSCC=O. The number of amides is 3. The first kappa shape index (κ1) is 97.7. The molecule has 3 fully saturated rings. The van der Waals surface area contributed by atoms with E-state index in [1.54, 1.807) is 58.2 Å². The Morgan fingerprint density at radius 2 is 1.18 bits per heavy atom. The number of hydrogen-bond donors (Lipinski definition) is 2. The summed E-state index contributed by atoms with van der Waals surface area (Å²) in [5.74, 6) is 4.74. The molecule has 0 bridgehead atoms. The molecule has 16 nitrogen and oxygen atoms in total. The fourth-order valence-corrected chi connectivity index (χ4v) is 2.34. The number of cyclic esters (lactones) is 1. The molecule has 2 N–H and O–H groups in total. The number of esters is 1. The highest BCUT2D eigenvalue weighted by Crippen LogP contribution is 2.26. The molecule has 71 heavy (non-hydrogen) atoms. The molecule has 3 rings (SSSR count). The Bertz CT molecular complexity index is 949. The van der Waals surface area contributed by atoms with E-state index < -0.39 is 6.09 Å². The van der Waals surface area contributed by atoms with Crippen LogP contribution < -0.4 is 10.6 Å². The molecule has 0 atom stereocenters. The predicted molar refractivity (Wildman–Crippen MR) is 316 cm³/mol. The Labute approximate surface area is 452 Å². The summed E-state index contributed by atoms with van der Waals surface area (Å²) in [6, 6.07) is 0. The van der Waals surface area contributed by atoms with E-state index in [2.05, 4.69) is 101 Å². The van der Waals surface area contributed by atoms with Crippen LogP contribution in [0.4, 0.5) is 9.59 Å². The van der Waals surface area contributed by atoms with Crippen molar-refractivity contribution >= 4 is 77.6 Å². The Morgan fingerprint density at radius 3 is 1.23 bits per heavy atom. The van der Waals surface area contributed by atoms with E-state index in [4.69, 9.17) is 4.74 Å². The molecule has 3 amide bonds. The number of ketones is 1. The molecule has 2 saturated heterocycles. The highest BCUT2D eigenvalue weighted by molar-refractivity contribution is 7.99. The fourth-order valence-electron chi connectivity index (χ4n) is 2.20. The van der Waals surface area contributed by atoms with Crippen LogP contribution in [-0.2, 0) is 47.6 Å². The maximum Gasteiger partial charge on any atom is 0.409 e. The number of aldehydes is 1. The molecule has 19 heteroatoms. The average molecular weight is 1090 g/mol. The van der Waals surface area contributed by atoms with Crippen molar-refractivity contribution in [3.63, 3.8) is 0 Å². The van der Waals surface area contributed by atoms with Gasteiger partial charge >= 0.3 is 18.2 Å². The Hall–Kier alpha value is -2.58. The number of nitrogens with one attached hydrogen (secondary N) is 2. The number of rotatable bonds is 7. The van der Waals surface area contributed by atoms with Crippen LogP contribution >= 0.6 is 35.3 Å². The summed E-state index contributed by atoms with van der Waals surface area (Å²) >= 11 is 5.14. The van der Waals surface area contributed by atoms with Gasteiger partial charge < -0.3 is 53.5 Å². The van der Waals surface area contributed by atoms with Crippen molar-refractivity contribution in [2.24, 2.45) is 22.7 Å². The molecule has 436 valence electrons. The first-order valence-electron chi connectivity index (χ1n) is 24.5. The largest absolute Gasteiger partial charge is 0.469 e. The molecule has 1 aliphatic carbocycles. The zero-order chi connectivity index (χ0) is 58.7. The Morgan fingerprint density at radius 1 is 0.803 bits per heavy atom. The third-order valence-electron chi connectivity index (χ3n) is 5.85. The van der Waals surface area contributed by atoms with Crippen LogP contribution in [0.25, 0.3) is 0 Å². The summed E-state index contributed by atoms with van der Waals surface area (Å²) in [4.78, 5) is 64.2. The molecule has 0 aromatic rings. The van der Waals surface area contributed by atoms with Crippen molar-refractivity contribution in [3.05, 3.63) is 0 Å². The summed E-state index contributed by atoms with van der Waals surface area (Å²) in [5.41, 5.74) is 0. The predicted octanol–water partition coefficient (Wildman–Crippen LogP) is 12.2. The smallest absolute Gasteiger partial charge is 0.409 e. The first-order valence-corrected chi connectivity index (χ1v) is 28.9. The third-order valence-corrected chi connectivity index (χ3v) is 6.90. The second-order valence-electron chi connectivity index (χ2n) is 15.0. The highest BCUT2D eigenvalue weighted by atomic mass is 32.2. The molecule has 0 unspecified atom stereocenters. The van der Waals surface area contributed by atoms with Crippen LogP contribution in [0.15, 0.2) is 4.99 Å². The van der Waals surface area contributed by atoms with E-state index in [0.29, 0.717) is 18.8 Å². The summed E-state index contributed by atoms with van der Waals surface area (Å²) in [6.07, 6.45) is 17.4. The van der Waals surface area contributed by atoms with E-state index >= 15 is 0 Å². The van der Waals surface area contributed by atoms with E-state index in [-0.39, 0.29) is 23.8 Å². The van der Waals surface area contributed by atoms with E-state index in [1.807, 2.05) is 58.2 Å². The number of methoxy groups -OCH3 is 4. The summed E-state index contributed by atoms with van der Waals surface area (Å²) in [5, 5.41) is 4.82. The number of alkyl carbamates (subject to hydrolysis) is 1. The highest BCUT2D eigenvalue weighted by Gasteiger charge is 2.15. The van der Waals surface area contributed by atoms with Gasteiger partial charge in [0.15, 0.2) is 0 Å². The topological polar surface area (TPSA) is 197 Å². The Balaban J connectivity index is -0.0000000530. The van der Waals surface area contributed by atoms with Crippen molar-refractivity contribution in [2.75, 3.05) is 132 Å². The number of Topliss-reactive ketones (excluding diaryl/α,β-unsaturated/α-hetero) is 1. The van der Waals surface area contributed by atoms with Crippen molar-refractivity contribution in [1.82, 2.24) is 15.5 Å². The van der Waals surface area contributed by atoms with E-state index in [1.165, 1.54) is 91.7 Å². The Kier molecular flexibility index (Phi) is 143. The van der Waals surface area contributed by atoms with Gasteiger partial charge in [-0.3, -0.25) is 14.6 Å². The lowest BCUT2D eigenvalue weighted by atomic mass is 10.0. The van der Waals surface area contributed by atoms with Gasteiger partial charge in [0.05, 0.1) is 20.8 Å². The first-order chi connectivity index (χ1) is 33.3. The number of thioether (sulfide) groups is 3. The van der Waals surface area contributed by atoms with Gasteiger partial charge in [0, 0.05) is 87.4 Å². The quantitative estimate of drug-likeness (QED) is 0.106. The van der Waals surface area contributed by atoms with Crippen LogP contribution in [0.5, 0.6) is 0 Å². The van der Waals surface area contributed by atoms with Crippen LogP contribution in [0.3, 0.4) is 0 Å². The molecule has 0 radical (unpaired) electrons. The number of carbonyl (C=O) groups excluding carboxylic acids is 6. The molecule has 3 aliphatic rings. The molecule has 0 aromatic carbocycles. The van der Waals surface area contributed by atoms with Gasteiger partial charge in [-0.1, -0.05) is 81.6 Å². The summed E-state index contributed by atoms with van der Waals surface area (Å²) in [7, 11) is 10.9. The minimum Gasteiger partial charge on any atom is -0.469 e. The second-order valence-corrected chi connectivity index (χ2v) is 17.9. The fraction of sp³-hybridized carbons (Fsp3) is 0.865. The molecule has 0 aromatic heterocycles. The average Bonchev–Trinajstić information content (AvgIpc) is 4.03. The van der Waals surface area contributed by atoms with Gasteiger partial charge in [0.25, 0.3) is 0 Å². The molecule has 2 aliphatic heterocycles. The lowest BCUT2D eigenvalue weighted by Crippen LogP contribution is -2.18. The minimum atomic E-state index is -0.407. The van der Waals surface area contributed by atoms with Crippen molar-refractivity contribution in [2.45, 2.75) is 149 Å². The van der Waals surface area contributed by atoms with Gasteiger partial charge in [-0.2, -0.15) is 35.3 Å². The number of likely N-dealkylation sites (N-methyl/N-ethyl adjacent to an activating group) is 1. The van der Waals surface area contributed by atoms with Gasteiger partial charge in [-0.15, -0.1) is 0 Å². The maximum atomic E-state index is 10.3. The molecule has 1 saturated carbocycles. The monoisotopic (exact) mass is 1090 g/mol. The zero-order valence-corrected chi connectivity index (χ0v) is 53.5. The molecular weight excluding hydrogens is 969 g/mol. The van der Waals surface area contributed by atoms with Crippen LogP contribution in [0, 0.1) is 17.8 Å². The van der Waals surface area contributed by atoms with Gasteiger partial charge in [0.2, 0.25) is 5.91 Å². The lowest BCUT2D eigenvalue weighted by Gasteiger charge is -2.16. The molecule has 0 spiro atoms. The number of ether oxygens (including phenoxy) is 6. The van der Waals surface area contributed by atoms with Gasteiger partial charge in [-0.05, 0) is 109 Å². The number of hydrogen-bond acceptors (Lipinski definition) is 16. The van der Waals surface area contributed by atoms with Crippen molar-refractivity contribution in [3.8, 4) is 0 Å². The lowest BCUT2D eigenvalue weighted by molar-refractivity contribution is -0.140. The van der Waals surface area contributed by atoms with Gasteiger partial charge in [0.1, 0.15) is 18.7 Å². The summed E-state index contributed by atoms with van der Waals surface area (Å²) < 4.78 is 26.9. The van der Waals surface area contributed by atoms with E-state index in [0.717, 1.165) is 63.5 Å².